The van der Waals surface area contributed by atoms with Gasteiger partial charge in [0.2, 0.25) is 10.0 Å². The second-order valence-electron chi connectivity index (χ2n) is 7.53. The van der Waals surface area contributed by atoms with Crippen LogP contribution in [0.1, 0.15) is 18.1 Å². The molecule has 9 heteroatoms. The number of rotatable bonds is 5. The van der Waals surface area contributed by atoms with Gasteiger partial charge < -0.3 is 4.42 Å². The van der Waals surface area contributed by atoms with Crippen LogP contribution in [0.25, 0.3) is 11.0 Å². The van der Waals surface area contributed by atoms with E-state index in [1.807, 2.05) is 18.2 Å². The quantitative estimate of drug-likeness (QED) is 0.426. The van der Waals surface area contributed by atoms with E-state index in [2.05, 4.69) is 43.7 Å². The van der Waals surface area contributed by atoms with Crippen LogP contribution in [0.2, 0.25) is 0 Å². The van der Waals surface area contributed by atoms with Gasteiger partial charge in [-0.3, -0.25) is 4.90 Å². The van der Waals surface area contributed by atoms with Crippen LogP contribution < -0.4 is 5.63 Å². The second kappa shape index (κ2) is 9.15. The van der Waals surface area contributed by atoms with Crippen molar-refractivity contribution in [2.45, 2.75) is 24.8 Å². The highest BCUT2D eigenvalue weighted by atomic mass is 79.9. The minimum Gasteiger partial charge on any atom is -0.423 e. The average Bonchev–Trinajstić information content (AvgIpc) is 2.75. The number of fused-ring (bicyclic) bond motifs is 1. The molecule has 0 radical (unpaired) electrons. The van der Waals surface area contributed by atoms with E-state index >= 15 is 0 Å². The fourth-order valence-corrected chi connectivity index (χ4v) is 6.69. The lowest BCUT2D eigenvalue weighted by Gasteiger charge is -2.34. The van der Waals surface area contributed by atoms with Crippen LogP contribution >= 0.6 is 31.9 Å². The van der Waals surface area contributed by atoms with E-state index in [0.29, 0.717) is 47.3 Å². The summed E-state index contributed by atoms with van der Waals surface area (Å²) >= 11 is 6.70. The lowest BCUT2D eigenvalue weighted by molar-refractivity contribution is 0.182. The summed E-state index contributed by atoms with van der Waals surface area (Å²) in [5, 5.41) is 0.921. The number of nitrogens with zero attached hydrogens (tertiary/aromatic N) is 2. The number of piperazine rings is 1. The molecule has 164 valence electrons. The molecule has 0 bridgehead atoms. The summed E-state index contributed by atoms with van der Waals surface area (Å²) in [4.78, 5) is 14.5. The fourth-order valence-electron chi connectivity index (χ4n) is 3.81. The zero-order valence-electron chi connectivity index (χ0n) is 17.0. The summed E-state index contributed by atoms with van der Waals surface area (Å²) < 4.78 is 34.4. The van der Waals surface area contributed by atoms with Gasteiger partial charge in [0.15, 0.2) is 0 Å². The summed E-state index contributed by atoms with van der Waals surface area (Å²) in [6, 6.07) is 12.6. The Kier molecular flexibility index (Phi) is 6.69. The number of hydrogen-bond acceptors (Lipinski definition) is 5. The molecule has 4 rings (SSSR count). The van der Waals surface area contributed by atoms with Crippen LogP contribution in [-0.4, -0.2) is 43.8 Å². The van der Waals surface area contributed by atoms with Crippen LogP contribution in [-0.2, 0) is 23.0 Å². The molecule has 0 amide bonds. The Morgan fingerprint density at radius 3 is 2.45 bits per heavy atom. The third-order valence-corrected chi connectivity index (χ3v) is 8.92. The SMILES string of the molecule is CCc1ccc2c(CN3CCN(S(=O)(=O)c4cc(Br)ccc4Br)CC3)cc(=O)oc2c1. The van der Waals surface area contributed by atoms with Gasteiger partial charge in [0, 0.05) is 53.1 Å². The van der Waals surface area contributed by atoms with Crippen molar-refractivity contribution in [3.63, 3.8) is 0 Å². The molecule has 6 nitrogen and oxygen atoms in total. The van der Waals surface area contributed by atoms with Crippen LogP contribution in [0.5, 0.6) is 0 Å². The van der Waals surface area contributed by atoms with Gasteiger partial charge in [-0.2, -0.15) is 4.31 Å². The molecule has 31 heavy (non-hydrogen) atoms. The molecule has 2 aromatic carbocycles. The van der Waals surface area contributed by atoms with Crippen molar-refractivity contribution in [3.05, 3.63) is 73.0 Å². The predicted molar refractivity (Wildman–Crippen MR) is 128 cm³/mol. The topological polar surface area (TPSA) is 70.8 Å². The monoisotopic (exact) mass is 568 g/mol. The van der Waals surface area contributed by atoms with Crippen LogP contribution in [0.3, 0.4) is 0 Å². The van der Waals surface area contributed by atoms with E-state index in [1.165, 1.54) is 10.4 Å². The predicted octanol–water partition coefficient (Wildman–Crippen LogP) is 4.39. The van der Waals surface area contributed by atoms with Gasteiger partial charge in [0.25, 0.3) is 0 Å². The van der Waals surface area contributed by atoms with Crippen LogP contribution in [0, 0.1) is 0 Å². The van der Waals surface area contributed by atoms with Crippen molar-refractivity contribution in [1.29, 1.82) is 0 Å². The Hall–Kier alpha value is -1.52. The largest absolute Gasteiger partial charge is 0.423 e. The molecule has 0 unspecified atom stereocenters. The maximum Gasteiger partial charge on any atom is 0.336 e. The Bertz CT molecular complexity index is 1280. The van der Waals surface area contributed by atoms with Gasteiger partial charge in [0.1, 0.15) is 5.58 Å². The number of halogens is 2. The zero-order valence-corrected chi connectivity index (χ0v) is 21.0. The van der Waals surface area contributed by atoms with Gasteiger partial charge in [-0.15, -0.1) is 0 Å². The molecule has 0 N–H and O–H groups in total. The molecule has 1 saturated heterocycles. The van der Waals surface area contributed by atoms with Crippen molar-refractivity contribution in [1.82, 2.24) is 9.21 Å². The Morgan fingerprint density at radius 1 is 1.00 bits per heavy atom. The Balaban J connectivity index is 1.51. The summed E-state index contributed by atoms with van der Waals surface area (Å²) in [7, 11) is -3.60. The van der Waals surface area contributed by atoms with E-state index in [9.17, 15) is 13.2 Å². The molecule has 0 spiro atoms. The van der Waals surface area contributed by atoms with E-state index < -0.39 is 10.0 Å². The molecule has 0 saturated carbocycles. The van der Waals surface area contributed by atoms with E-state index in [1.54, 1.807) is 18.2 Å². The minimum atomic E-state index is -3.60. The highest BCUT2D eigenvalue weighted by Gasteiger charge is 2.30. The van der Waals surface area contributed by atoms with E-state index in [-0.39, 0.29) is 10.5 Å². The lowest BCUT2D eigenvalue weighted by atomic mass is 10.1. The number of aryl methyl sites for hydroxylation is 1. The first-order valence-electron chi connectivity index (χ1n) is 10.0. The van der Waals surface area contributed by atoms with Crippen molar-refractivity contribution >= 4 is 52.9 Å². The highest BCUT2D eigenvalue weighted by Crippen LogP contribution is 2.29. The van der Waals surface area contributed by atoms with Gasteiger partial charge in [0.05, 0.1) is 4.90 Å². The molecular formula is C22H22Br2N2O4S. The smallest absolute Gasteiger partial charge is 0.336 e. The first kappa shape index (κ1) is 22.7. The van der Waals surface area contributed by atoms with E-state index in [4.69, 9.17) is 4.42 Å². The Morgan fingerprint density at radius 2 is 1.74 bits per heavy atom. The zero-order chi connectivity index (χ0) is 22.2. The summed E-state index contributed by atoms with van der Waals surface area (Å²) in [6.45, 7) is 4.58. The normalized spacial score (nSPS) is 16.1. The minimum absolute atomic E-state index is 0.258. The van der Waals surface area contributed by atoms with Gasteiger partial charge in [-0.1, -0.05) is 35.0 Å². The summed E-state index contributed by atoms with van der Waals surface area (Å²) in [6.07, 6.45) is 0.869. The molecule has 0 aliphatic carbocycles. The third-order valence-electron chi connectivity index (χ3n) is 5.54. The maximum absolute atomic E-state index is 13.1. The van der Waals surface area contributed by atoms with Crippen molar-refractivity contribution in [2.75, 3.05) is 26.2 Å². The van der Waals surface area contributed by atoms with Crippen molar-refractivity contribution in [2.24, 2.45) is 0 Å². The van der Waals surface area contributed by atoms with E-state index in [0.717, 1.165) is 22.9 Å². The van der Waals surface area contributed by atoms with Crippen LogP contribution in [0.4, 0.5) is 0 Å². The molecule has 1 aliphatic heterocycles. The molecule has 1 fully saturated rings. The summed E-state index contributed by atoms with van der Waals surface area (Å²) in [5.41, 5.74) is 2.25. The molecule has 3 aromatic rings. The highest BCUT2D eigenvalue weighted by molar-refractivity contribution is 9.11. The van der Waals surface area contributed by atoms with Crippen molar-refractivity contribution < 1.29 is 12.8 Å². The van der Waals surface area contributed by atoms with Crippen molar-refractivity contribution in [3.8, 4) is 0 Å². The lowest BCUT2D eigenvalue weighted by Crippen LogP contribution is -2.48. The van der Waals surface area contributed by atoms with Gasteiger partial charge >= 0.3 is 5.63 Å². The molecule has 0 atom stereocenters. The Labute approximate surface area is 198 Å². The fraction of sp³-hybridized carbons (Fsp3) is 0.318. The third kappa shape index (κ3) is 4.80. The first-order chi connectivity index (χ1) is 14.8. The standard InChI is InChI=1S/C22H22Br2N2O4S/c1-2-15-3-5-18-16(12-22(27)30-20(18)11-15)14-25-7-9-26(10-8-25)31(28,29)21-13-17(23)4-6-19(21)24/h3-6,11-13H,2,7-10,14H2,1H3. The average molecular weight is 570 g/mol. The number of hydrogen-bond donors (Lipinski definition) is 0. The second-order valence-corrected chi connectivity index (χ2v) is 11.2. The van der Waals surface area contributed by atoms with Crippen LogP contribution in [0.15, 0.2) is 65.5 Å². The number of sulfonamides is 1. The first-order valence-corrected chi connectivity index (χ1v) is 13.0. The maximum atomic E-state index is 13.1. The van der Waals surface area contributed by atoms with Gasteiger partial charge in [-0.25, -0.2) is 13.2 Å². The molecule has 2 heterocycles. The number of benzene rings is 2. The van der Waals surface area contributed by atoms with Gasteiger partial charge in [-0.05, 0) is 57.7 Å². The molecule has 1 aromatic heterocycles. The molecular weight excluding hydrogens is 548 g/mol. The summed E-state index contributed by atoms with van der Waals surface area (Å²) in [5.74, 6) is 0. The molecule has 1 aliphatic rings.